The molecule has 0 aliphatic heterocycles. The molecule has 0 saturated heterocycles. The first kappa shape index (κ1) is 15.5. The van der Waals surface area contributed by atoms with Crippen molar-refractivity contribution in [3.63, 3.8) is 0 Å². The molecule has 2 aliphatic carbocycles. The van der Waals surface area contributed by atoms with Gasteiger partial charge in [0.1, 0.15) is 0 Å². The van der Waals surface area contributed by atoms with Crippen molar-refractivity contribution in [1.29, 1.82) is 0 Å². The molecule has 2 fully saturated rings. The second-order valence-corrected chi connectivity index (χ2v) is 6.34. The van der Waals surface area contributed by atoms with E-state index in [1.165, 1.54) is 25.7 Å². The summed E-state index contributed by atoms with van der Waals surface area (Å²) in [6.45, 7) is 3.86. The Morgan fingerprint density at radius 2 is 1.00 bits per heavy atom. The first-order chi connectivity index (χ1) is 9.69. The molecule has 0 unspecified atom stereocenters. The monoisotopic (exact) mass is 276 g/mol. The van der Waals surface area contributed by atoms with Gasteiger partial charge in [0.05, 0.1) is 0 Å². The van der Waals surface area contributed by atoms with Crippen LogP contribution in [0.4, 0.5) is 0 Å². The third kappa shape index (κ3) is 3.21. The molecule has 2 saturated carbocycles. The lowest BCUT2D eigenvalue weighted by Crippen LogP contribution is -2.21. The van der Waals surface area contributed by atoms with Crippen molar-refractivity contribution in [3.05, 3.63) is 11.1 Å². The largest absolute Gasteiger partial charge is 0.295 e. The van der Waals surface area contributed by atoms with Gasteiger partial charge in [-0.1, -0.05) is 39.5 Å². The smallest absolute Gasteiger partial charge is 0.159 e. The Kier molecular flexibility index (Phi) is 5.56. The maximum absolute atomic E-state index is 12.5. The molecular formula is C18H28O2. The van der Waals surface area contributed by atoms with Gasteiger partial charge in [0.15, 0.2) is 11.6 Å². The third-order valence-electron chi connectivity index (χ3n) is 5.06. The van der Waals surface area contributed by atoms with Crippen LogP contribution < -0.4 is 0 Å². The van der Waals surface area contributed by atoms with Crippen molar-refractivity contribution >= 4 is 11.6 Å². The first-order valence-corrected chi connectivity index (χ1v) is 8.49. The Bertz CT molecular complexity index is 356. The van der Waals surface area contributed by atoms with E-state index in [0.29, 0.717) is 24.7 Å². The van der Waals surface area contributed by atoms with Crippen LogP contribution in [0.5, 0.6) is 0 Å². The van der Waals surface area contributed by atoms with Crippen molar-refractivity contribution < 1.29 is 9.59 Å². The summed E-state index contributed by atoms with van der Waals surface area (Å²) < 4.78 is 0. The van der Waals surface area contributed by atoms with E-state index < -0.39 is 0 Å². The maximum atomic E-state index is 12.5. The Morgan fingerprint density at radius 3 is 1.25 bits per heavy atom. The number of hydrogen-bond acceptors (Lipinski definition) is 2. The minimum atomic E-state index is 0.237. The second kappa shape index (κ2) is 7.19. The van der Waals surface area contributed by atoms with Gasteiger partial charge in [-0.25, -0.2) is 0 Å². The predicted molar refractivity (Wildman–Crippen MR) is 81.5 cm³/mol. The summed E-state index contributed by atoms with van der Waals surface area (Å²) in [6.07, 6.45) is 10.4. The standard InChI is InChI=1S/C18H28O2/c1-3-15(19)17(13-9-5-6-10-13)18(16(20)4-2)14-11-7-8-12-14/h13-14H,3-12H2,1-2H3. The van der Waals surface area contributed by atoms with Gasteiger partial charge in [-0.2, -0.15) is 0 Å². The predicted octanol–water partition coefficient (Wildman–Crippen LogP) is 4.62. The van der Waals surface area contributed by atoms with E-state index in [-0.39, 0.29) is 11.6 Å². The summed E-state index contributed by atoms with van der Waals surface area (Å²) >= 11 is 0. The van der Waals surface area contributed by atoms with E-state index in [4.69, 9.17) is 0 Å². The lowest BCUT2D eigenvalue weighted by molar-refractivity contribution is -0.118. The highest BCUT2D eigenvalue weighted by Crippen LogP contribution is 2.40. The molecule has 0 aromatic rings. The van der Waals surface area contributed by atoms with Gasteiger partial charge in [-0.05, 0) is 37.5 Å². The average Bonchev–Trinajstić information content (AvgIpc) is 3.15. The van der Waals surface area contributed by atoms with E-state index in [1.54, 1.807) is 0 Å². The SMILES string of the molecule is CCC(=O)C(=C(C(=O)CC)C1CCCC1)C1CCCC1. The van der Waals surface area contributed by atoms with Crippen LogP contribution in [0.1, 0.15) is 78.1 Å². The number of rotatable bonds is 6. The molecule has 0 spiro atoms. The summed E-state index contributed by atoms with van der Waals surface area (Å²) in [5.74, 6) is 1.21. The van der Waals surface area contributed by atoms with E-state index in [0.717, 1.165) is 36.8 Å². The van der Waals surface area contributed by atoms with Crippen LogP contribution in [0.25, 0.3) is 0 Å². The molecule has 20 heavy (non-hydrogen) atoms. The van der Waals surface area contributed by atoms with Gasteiger partial charge in [0.25, 0.3) is 0 Å². The number of Topliss-reactive ketones (excluding diaryl/α,β-unsaturated/α-hetero) is 2. The first-order valence-electron chi connectivity index (χ1n) is 8.49. The number of carbonyl (C=O) groups excluding carboxylic acids is 2. The van der Waals surface area contributed by atoms with Gasteiger partial charge in [0, 0.05) is 24.0 Å². The normalized spacial score (nSPS) is 22.1. The van der Waals surface area contributed by atoms with Crippen molar-refractivity contribution in [2.45, 2.75) is 78.1 Å². The van der Waals surface area contributed by atoms with Gasteiger partial charge < -0.3 is 0 Å². The van der Waals surface area contributed by atoms with Crippen LogP contribution in [0, 0.1) is 11.8 Å². The summed E-state index contributed by atoms with van der Waals surface area (Å²) in [5.41, 5.74) is 1.90. The third-order valence-corrected chi connectivity index (χ3v) is 5.06. The minimum Gasteiger partial charge on any atom is -0.295 e. The molecule has 2 nitrogen and oxygen atoms in total. The molecule has 0 N–H and O–H groups in total. The van der Waals surface area contributed by atoms with E-state index in [9.17, 15) is 9.59 Å². The number of hydrogen-bond donors (Lipinski definition) is 0. The fraction of sp³-hybridized carbons (Fsp3) is 0.778. The molecule has 112 valence electrons. The maximum Gasteiger partial charge on any atom is 0.159 e. The minimum absolute atomic E-state index is 0.237. The van der Waals surface area contributed by atoms with Crippen LogP contribution in [-0.2, 0) is 9.59 Å². The van der Waals surface area contributed by atoms with Crippen molar-refractivity contribution in [1.82, 2.24) is 0 Å². The molecule has 0 bridgehead atoms. The van der Waals surface area contributed by atoms with Crippen LogP contribution >= 0.6 is 0 Å². The van der Waals surface area contributed by atoms with Gasteiger partial charge >= 0.3 is 0 Å². The van der Waals surface area contributed by atoms with Crippen molar-refractivity contribution in [2.24, 2.45) is 11.8 Å². The Morgan fingerprint density at radius 1 is 0.700 bits per heavy atom. The second-order valence-electron chi connectivity index (χ2n) is 6.34. The molecule has 2 rings (SSSR count). The quantitative estimate of drug-likeness (QED) is 0.663. The fourth-order valence-electron chi connectivity index (χ4n) is 4.01. The molecule has 2 heteroatoms. The molecule has 2 aliphatic rings. The molecule has 0 aromatic carbocycles. The van der Waals surface area contributed by atoms with Crippen LogP contribution in [0.15, 0.2) is 11.1 Å². The number of ketones is 2. The summed E-state index contributed by atoms with van der Waals surface area (Å²) in [6, 6.07) is 0. The Labute approximate surface area is 123 Å². The summed E-state index contributed by atoms with van der Waals surface area (Å²) in [5, 5.41) is 0. The molecule has 0 aromatic heterocycles. The summed E-state index contributed by atoms with van der Waals surface area (Å²) in [7, 11) is 0. The zero-order valence-electron chi connectivity index (χ0n) is 13.0. The summed E-state index contributed by atoms with van der Waals surface area (Å²) in [4.78, 5) is 25.0. The Hall–Kier alpha value is -0.920. The molecule has 0 radical (unpaired) electrons. The zero-order chi connectivity index (χ0) is 14.5. The molecule has 0 atom stereocenters. The van der Waals surface area contributed by atoms with E-state index in [1.807, 2.05) is 13.8 Å². The van der Waals surface area contributed by atoms with E-state index >= 15 is 0 Å². The van der Waals surface area contributed by atoms with Crippen molar-refractivity contribution in [3.8, 4) is 0 Å². The highest BCUT2D eigenvalue weighted by molar-refractivity contribution is 6.06. The topological polar surface area (TPSA) is 34.1 Å². The zero-order valence-corrected chi connectivity index (χ0v) is 13.0. The average molecular weight is 276 g/mol. The molecule has 0 heterocycles. The van der Waals surface area contributed by atoms with Gasteiger partial charge in [-0.15, -0.1) is 0 Å². The lowest BCUT2D eigenvalue weighted by atomic mass is 9.80. The lowest BCUT2D eigenvalue weighted by Gasteiger charge is -2.22. The number of carbonyl (C=O) groups is 2. The number of allylic oxidation sites excluding steroid dienone is 2. The molecular weight excluding hydrogens is 248 g/mol. The van der Waals surface area contributed by atoms with Crippen molar-refractivity contribution in [2.75, 3.05) is 0 Å². The highest BCUT2D eigenvalue weighted by Gasteiger charge is 2.33. The molecule has 0 amide bonds. The van der Waals surface area contributed by atoms with Gasteiger partial charge in [0.2, 0.25) is 0 Å². The van der Waals surface area contributed by atoms with Crippen LogP contribution in [0.3, 0.4) is 0 Å². The van der Waals surface area contributed by atoms with Crippen LogP contribution in [0.2, 0.25) is 0 Å². The van der Waals surface area contributed by atoms with Gasteiger partial charge in [-0.3, -0.25) is 9.59 Å². The van der Waals surface area contributed by atoms with E-state index in [2.05, 4.69) is 0 Å². The Balaban J connectivity index is 2.43. The van der Waals surface area contributed by atoms with Crippen LogP contribution in [-0.4, -0.2) is 11.6 Å². The fourth-order valence-corrected chi connectivity index (χ4v) is 4.01. The highest BCUT2D eigenvalue weighted by atomic mass is 16.1.